The summed E-state index contributed by atoms with van der Waals surface area (Å²) in [4.78, 5) is 39.3. The van der Waals surface area contributed by atoms with E-state index in [0.29, 0.717) is 38.5 Å². The first kappa shape index (κ1) is 16.8. The van der Waals surface area contributed by atoms with Crippen LogP contribution in [0.5, 0.6) is 0 Å². The van der Waals surface area contributed by atoms with Crippen LogP contribution in [-0.4, -0.2) is 59.7 Å². The van der Waals surface area contributed by atoms with Gasteiger partial charge in [-0.25, -0.2) is 0 Å². The van der Waals surface area contributed by atoms with Gasteiger partial charge in [0.2, 0.25) is 5.91 Å². The standard InChI is InChI=1S/C16H27N3O3/c1-12(2)17-15(21)16(22)19-9-7-18(8-10-19)14(20)11-13-5-3-4-6-13/h12-13H,3-11H2,1-2H3,(H,17,21). The van der Waals surface area contributed by atoms with E-state index >= 15 is 0 Å². The molecule has 0 unspecified atom stereocenters. The number of hydrogen-bond acceptors (Lipinski definition) is 3. The van der Waals surface area contributed by atoms with E-state index in [-0.39, 0.29) is 11.9 Å². The van der Waals surface area contributed by atoms with Crippen LogP contribution in [0.3, 0.4) is 0 Å². The predicted octanol–water partition coefficient (Wildman–Crippen LogP) is 0.762. The van der Waals surface area contributed by atoms with Gasteiger partial charge in [-0.3, -0.25) is 14.4 Å². The zero-order valence-electron chi connectivity index (χ0n) is 13.6. The second kappa shape index (κ2) is 7.61. The van der Waals surface area contributed by atoms with E-state index in [4.69, 9.17) is 0 Å². The molecule has 1 aliphatic heterocycles. The van der Waals surface area contributed by atoms with Crippen molar-refractivity contribution < 1.29 is 14.4 Å². The number of piperazine rings is 1. The van der Waals surface area contributed by atoms with Crippen molar-refractivity contribution in [2.75, 3.05) is 26.2 Å². The van der Waals surface area contributed by atoms with E-state index in [1.807, 2.05) is 18.7 Å². The fourth-order valence-corrected chi connectivity index (χ4v) is 3.22. The third-order valence-electron chi connectivity index (χ3n) is 4.47. The maximum atomic E-state index is 12.3. The Hall–Kier alpha value is -1.59. The van der Waals surface area contributed by atoms with Crippen molar-refractivity contribution in [2.45, 2.75) is 52.0 Å². The second-order valence-electron chi connectivity index (χ2n) is 6.66. The lowest BCUT2D eigenvalue weighted by Crippen LogP contribution is -2.54. The van der Waals surface area contributed by atoms with Crippen LogP contribution < -0.4 is 5.32 Å². The van der Waals surface area contributed by atoms with Gasteiger partial charge >= 0.3 is 11.8 Å². The average molecular weight is 309 g/mol. The minimum absolute atomic E-state index is 0.0503. The third kappa shape index (κ3) is 4.45. The highest BCUT2D eigenvalue weighted by Crippen LogP contribution is 2.28. The third-order valence-corrected chi connectivity index (χ3v) is 4.47. The molecule has 6 nitrogen and oxygen atoms in total. The molecular weight excluding hydrogens is 282 g/mol. The summed E-state index contributed by atoms with van der Waals surface area (Å²) in [7, 11) is 0. The first-order valence-corrected chi connectivity index (χ1v) is 8.35. The Balaban J connectivity index is 1.76. The van der Waals surface area contributed by atoms with Crippen LogP contribution in [0.1, 0.15) is 46.0 Å². The zero-order valence-corrected chi connectivity index (χ0v) is 13.6. The van der Waals surface area contributed by atoms with E-state index in [0.717, 1.165) is 0 Å². The normalized spacial score (nSPS) is 19.6. The van der Waals surface area contributed by atoms with E-state index in [1.165, 1.54) is 30.6 Å². The molecule has 0 bridgehead atoms. The van der Waals surface area contributed by atoms with Gasteiger partial charge in [0, 0.05) is 38.6 Å². The molecule has 1 heterocycles. The van der Waals surface area contributed by atoms with Gasteiger partial charge < -0.3 is 15.1 Å². The minimum atomic E-state index is -0.555. The quantitative estimate of drug-likeness (QED) is 0.783. The highest BCUT2D eigenvalue weighted by molar-refractivity contribution is 6.35. The number of hydrogen-bond donors (Lipinski definition) is 1. The Morgan fingerprint density at radius 3 is 2.09 bits per heavy atom. The largest absolute Gasteiger partial charge is 0.346 e. The number of amides is 3. The number of rotatable bonds is 3. The molecule has 3 amide bonds. The van der Waals surface area contributed by atoms with E-state index in [9.17, 15) is 14.4 Å². The zero-order chi connectivity index (χ0) is 16.1. The molecule has 0 aromatic carbocycles. The molecule has 2 rings (SSSR count). The Morgan fingerprint density at radius 1 is 1.00 bits per heavy atom. The van der Waals surface area contributed by atoms with Crippen molar-refractivity contribution >= 4 is 17.7 Å². The summed E-state index contributed by atoms with van der Waals surface area (Å²) in [5.74, 6) is -0.299. The molecule has 0 aromatic rings. The van der Waals surface area contributed by atoms with Crippen LogP contribution in [-0.2, 0) is 14.4 Å². The lowest BCUT2D eigenvalue weighted by Gasteiger charge is -2.35. The Bertz CT molecular complexity index is 422. The van der Waals surface area contributed by atoms with Gasteiger partial charge in [0.1, 0.15) is 0 Å². The highest BCUT2D eigenvalue weighted by atomic mass is 16.2. The van der Waals surface area contributed by atoms with Crippen LogP contribution in [0.15, 0.2) is 0 Å². The maximum absolute atomic E-state index is 12.3. The molecule has 22 heavy (non-hydrogen) atoms. The maximum Gasteiger partial charge on any atom is 0.312 e. The SMILES string of the molecule is CC(C)NC(=O)C(=O)N1CCN(C(=O)CC2CCCC2)CC1. The van der Waals surface area contributed by atoms with Crippen LogP contribution in [0.2, 0.25) is 0 Å². The molecular formula is C16H27N3O3. The van der Waals surface area contributed by atoms with Crippen LogP contribution >= 0.6 is 0 Å². The second-order valence-corrected chi connectivity index (χ2v) is 6.66. The fraction of sp³-hybridized carbons (Fsp3) is 0.812. The molecule has 0 radical (unpaired) electrons. The van der Waals surface area contributed by atoms with Gasteiger partial charge in [0.15, 0.2) is 0 Å². The van der Waals surface area contributed by atoms with Gasteiger partial charge in [-0.1, -0.05) is 12.8 Å². The van der Waals surface area contributed by atoms with E-state index < -0.39 is 11.8 Å². The number of carbonyl (C=O) groups is 3. The van der Waals surface area contributed by atoms with E-state index in [2.05, 4.69) is 5.32 Å². The van der Waals surface area contributed by atoms with Crippen molar-refractivity contribution in [1.29, 1.82) is 0 Å². The molecule has 1 aliphatic carbocycles. The van der Waals surface area contributed by atoms with E-state index in [1.54, 1.807) is 0 Å². The van der Waals surface area contributed by atoms with Crippen molar-refractivity contribution in [3.05, 3.63) is 0 Å². The minimum Gasteiger partial charge on any atom is -0.346 e. The molecule has 0 spiro atoms. The van der Waals surface area contributed by atoms with Crippen molar-refractivity contribution in [3.63, 3.8) is 0 Å². The van der Waals surface area contributed by atoms with Crippen molar-refractivity contribution in [1.82, 2.24) is 15.1 Å². The Kier molecular flexibility index (Phi) is 5.80. The predicted molar refractivity (Wildman–Crippen MR) is 83.0 cm³/mol. The van der Waals surface area contributed by atoms with Gasteiger partial charge in [0.05, 0.1) is 0 Å². The molecule has 1 saturated carbocycles. The van der Waals surface area contributed by atoms with Crippen LogP contribution in [0.25, 0.3) is 0 Å². The topological polar surface area (TPSA) is 69.7 Å². The summed E-state index contributed by atoms with van der Waals surface area (Å²) in [6, 6.07) is -0.0503. The summed E-state index contributed by atoms with van der Waals surface area (Å²) >= 11 is 0. The number of carbonyl (C=O) groups excluding carboxylic acids is 3. The van der Waals surface area contributed by atoms with Crippen molar-refractivity contribution in [2.24, 2.45) is 5.92 Å². The van der Waals surface area contributed by atoms with Gasteiger partial charge in [-0.15, -0.1) is 0 Å². The molecule has 124 valence electrons. The first-order valence-electron chi connectivity index (χ1n) is 8.35. The highest BCUT2D eigenvalue weighted by Gasteiger charge is 2.29. The number of nitrogens with zero attached hydrogens (tertiary/aromatic N) is 2. The summed E-state index contributed by atoms with van der Waals surface area (Å²) in [5, 5.41) is 2.61. The molecule has 2 fully saturated rings. The van der Waals surface area contributed by atoms with Crippen molar-refractivity contribution in [3.8, 4) is 0 Å². The van der Waals surface area contributed by atoms with Gasteiger partial charge in [-0.2, -0.15) is 0 Å². The average Bonchev–Trinajstić information content (AvgIpc) is 2.98. The lowest BCUT2D eigenvalue weighted by molar-refractivity contribution is -0.148. The summed E-state index contributed by atoms with van der Waals surface area (Å²) in [6.07, 6.45) is 5.46. The van der Waals surface area contributed by atoms with Gasteiger partial charge in [0.25, 0.3) is 0 Å². The summed E-state index contributed by atoms with van der Waals surface area (Å²) < 4.78 is 0. The first-order chi connectivity index (χ1) is 10.5. The smallest absolute Gasteiger partial charge is 0.312 e. The molecule has 2 aliphatic rings. The Labute approximate surface area is 132 Å². The van der Waals surface area contributed by atoms with Crippen LogP contribution in [0.4, 0.5) is 0 Å². The summed E-state index contributed by atoms with van der Waals surface area (Å²) in [6.45, 7) is 5.61. The lowest BCUT2D eigenvalue weighted by atomic mass is 10.0. The Morgan fingerprint density at radius 2 is 1.55 bits per heavy atom. The number of nitrogens with one attached hydrogen (secondary N) is 1. The summed E-state index contributed by atoms with van der Waals surface area (Å²) in [5.41, 5.74) is 0. The van der Waals surface area contributed by atoms with Gasteiger partial charge in [-0.05, 0) is 32.6 Å². The molecule has 0 atom stereocenters. The molecule has 1 saturated heterocycles. The molecule has 1 N–H and O–H groups in total. The monoisotopic (exact) mass is 309 g/mol. The molecule has 6 heteroatoms. The fourth-order valence-electron chi connectivity index (χ4n) is 3.22. The molecule has 0 aromatic heterocycles. The van der Waals surface area contributed by atoms with Crippen LogP contribution in [0, 0.1) is 5.92 Å².